The van der Waals surface area contributed by atoms with Gasteiger partial charge < -0.3 is 19.7 Å². The van der Waals surface area contributed by atoms with Crippen LogP contribution in [0.15, 0.2) is 77.3 Å². The first-order chi connectivity index (χ1) is 14.1. The topological polar surface area (TPSA) is 33.7 Å². The first kappa shape index (κ1) is 21.1. The Morgan fingerprint density at radius 1 is 0.897 bits per heavy atom. The summed E-state index contributed by atoms with van der Waals surface area (Å²) in [6.45, 7) is 1.25. The molecule has 0 amide bonds. The molecule has 0 aliphatic carbocycles. The molecule has 3 aromatic carbocycles. The van der Waals surface area contributed by atoms with Gasteiger partial charge in [-0.25, -0.2) is 0 Å². The maximum absolute atomic E-state index is 5.76. The lowest BCUT2D eigenvalue weighted by Gasteiger charge is -2.27. The molecular weight excluding hydrogens is 448 g/mol. The normalized spacial score (nSPS) is 10.3. The quantitative estimate of drug-likeness (QED) is 0.437. The fourth-order valence-electron chi connectivity index (χ4n) is 3.02. The van der Waals surface area contributed by atoms with Gasteiger partial charge in [-0.05, 0) is 48.1 Å². The third-order valence-electron chi connectivity index (χ3n) is 4.44. The van der Waals surface area contributed by atoms with Crippen molar-refractivity contribution in [3.63, 3.8) is 0 Å². The minimum atomic E-state index is 0.581. The van der Waals surface area contributed by atoms with Crippen LogP contribution in [0.3, 0.4) is 0 Å². The van der Waals surface area contributed by atoms with Crippen LogP contribution in [0.5, 0.6) is 11.5 Å². The predicted octanol–water partition coefficient (Wildman–Crippen LogP) is 5.87. The molecule has 1 N–H and O–H groups in total. The maximum Gasteiger partial charge on any atom is 0.174 e. The van der Waals surface area contributed by atoms with E-state index in [1.807, 2.05) is 60.7 Å². The monoisotopic (exact) mass is 470 g/mol. The number of methoxy groups -OCH3 is 2. The van der Waals surface area contributed by atoms with Gasteiger partial charge in [0.05, 0.1) is 14.2 Å². The molecule has 0 bridgehead atoms. The van der Waals surface area contributed by atoms with Gasteiger partial charge in [-0.1, -0.05) is 58.4 Å². The van der Waals surface area contributed by atoms with Crippen LogP contribution in [0.25, 0.3) is 0 Å². The van der Waals surface area contributed by atoms with Crippen molar-refractivity contribution in [3.05, 3.63) is 88.4 Å². The summed E-state index contributed by atoms with van der Waals surface area (Å²) in [5, 5.41) is 3.98. The number of ether oxygens (including phenoxy) is 2. The van der Waals surface area contributed by atoms with Gasteiger partial charge in [0.25, 0.3) is 0 Å². The molecule has 0 aliphatic rings. The van der Waals surface area contributed by atoms with Gasteiger partial charge in [0.1, 0.15) is 0 Å². The largest absolute Gasteiger partial charge is 0.493 e. The first-order valence-corrected chi connectivity index (χ1v) is 10.4. The van der Waals surface area contributed by atoms with Crippen LogP contribution >= 0.6 is 28.1 Å². The maximum atomic E-state index is 5.76. The van der Waals surface area contributed by atoms with Crippen LogP contribution in [-0.4, -0.2) is 24.2 Å². The predicted molar refractivity (Wildman–Crippen MR) is 126 cm³/mol. The zero-order chi connectivity index (χ0) is 20.6. The molecule has 29 heavy (non-hydrogen) atoms. The standard InChI is InChI=1S/C23H23BrN2O2S/c1-27-21-10-6-9-18(22(21)28-2)16-26(15-17-7-4-3-5-8-17)23(29)25-20-13-11-19(24)12-14-20/h3-14H,15-16H2,1-2H3,(H,25,29). The van der Waals surface area contributed by atoms with E-state index in [1.165, 1.54) is 5.56 Å². The molecule has 0 spiro atoms. The number of anilines is 1. The zero-order valence-electron chi connectivity index (χ0n) is 16.4. The first-order valence-electron chi connectivity index (χ1n) is 9.16. The number of hydrogen-bond donors (Lipinski definition) is 1. The summed E-state index contributed by atoms with van der Waals surface area (Å²) in [7, 11) is 3.30. The molecule has 0 radical (unpaired) electrons. The van der Waals surface area contributed by atoms with Crippen LogP contribution in [0.4, 0.5) is 5.69 Å². The second-order valence-corrected chi connectivity index (χ2v) is 7.73. The number of nitrogens with one attached hydrogen (secondary N) is 1. The van der Waals surface area contributed by atoms with E-state index in [-0.39, 0.29) is 0 Å². The number of para-hydroxylation sites is 1. The van der Waals surface area contributed by atoms with Crippen LogP contribution in [-0.2, 0) is 13.1 Å². The molecule has 3 aromatic rings. The van der Waals surface area contributed by atoms with Crippen molar-refractivity contribution >= 4 is 38.9 Å². The van der Waals surface area contributed by atoms with Crippen molar-refractivity contribution < 1.29 is 9.47 Å². The number of hydrogen-bond acceptors (Lipinski definition) is 3. The Morgan fingerprint density at radius 3 is 2.28 bits per heavy atom. The molecule has 0 aliphatic heterocycles. The van der Waals surface area contributed by atoms with Crippen molar-refractivity contribution in [2.75, 3.05) is 19.5 Å². The van der Waals surface area contributed by atoms with Crippen LogP contribution in [0.1, 0.15) is 11.1 Å². The lowest BCUT2D eigenvalue weighted by Crippen LogP contribution is -2.34. The minimum Gasteiger partial charge on any atom is -0.493 e. The Labute approximate surface area is 185 Å². The molecule has 0 saturated carbocycles. The van der Waals surface area contributed by atoms with Gasteiger partial charge in [-0.2, -0.15) is 0 Å². The lowest BCUT2D eigenvalue weighted by atomic mass is 10.1. The molecule has 4 nitrogen and oxygen atoms in total. The Kier molecular flexibility index (Phi) is 7.49. The summed E-state index contributed by atoms with van der Waals surface area (Å²) >= 11 is 9.22. The Balaban J connectivity index is 1.86. The van der Waals surface area contributed by atoms with E-state index in [9.17, 15) is 0 Å². The second kappa shape index (κ2) is 10.3. The number of nitrogens with zero attached hydrogens (tertiary/aromatic N) is 1. The van der Waals surface area contributed by atoms with Crippen molar-refractivity contribution in [1.29, 1.82) is 0 Å². The number of thiocarbonyl (C=S) groups is 1. The summed E-state index contributed by atoms with van der Waals surface area (Å²) in [4.78, 5) is 2.12. The number of benzene rings is 3. The molecule has 0 unspecified atom stereocenters. The summed E-state index contributed by atoms with van der Waals surface area (Å²) in [5.74, 6) is 1.43. The molecule has 3 rings (SSSR count). The number of halogens is 1. The van der Waals surface area contributed by atoms with Crippen LogP contribution in [0.2, 0.25) is 0 Å². The summed E-state index contributed by atoms with van der Waals surface area (Å²) in [6.07, 6.45) is 0. The van der Waals surface area contributed by atoms with Crippen molar-refractivity contribution in [2.24, 2.45) is 0 Å². The fraction of sp³-hybridized carbons (Fsp3) is 0.174. The van der Waals surface area contributed by atoms with E-state index >= 15 is 0 Å². The average Bonchev–Trinajstić information content (AvgIpc) is 2.75. The fourth-order valence-corrected chi connectivity index (χ4v) is 3.53. The molecular formula is C23H23BrN2O2S. The third-order valence-corrected chi connectivity index (χ3v) is 5.33. The van der Waals surface area contributed by atoms with E-state index in [0.29, 0.717) is 24.0 Å². The molecule has 0 heterocycles. The highest BCUT2D eigenvalue weighted by Crippen LogP contribution is 2.32. The van der Waals surface area contributed by atoms with Crippen molar-refractivity contribution in [3.8, 4) is 11.5 Å². The lowest BCUT2D eigenvalue weighted by molar-refractivity contribution is 0.341. The van der Waals surface area contributed by atoms with Crippen LogP contribution < -0.4 is 14.8 Å². The summed E-state index contributed by atoms with van der Waals surface area (Å²) in [5.41, 5.74) is 3.12. The highest BCUT2D eigenvalue weighted by atomic mass is 79.9. The van der Waals surface area contributed by atoms with Gasteiger partial charge in [0, 0.05) is 28.8 Å². The van der Waals surface area contributed by atoms with E-state index in [2.05, 4.69) is 38.3 Å². The van der Waals surface area contributed by atoms with Crippen molar-refractivity contribution in [1.82, 2.24) is 4.90 Å². The van der Waals surface area contributed by atoms with E-state index in [0.717, 1.165) is 21.5 Å². The van der Waals surface area contributed by atoms with Gasteiger partial charge >= 0.3 is 0 Å². The second-order valence-electron chi connectivity index (χ2n) is 6.43. The third kappa shape index (κ3) is 5.71. The summed E-state index contributed by atoms with van der Waals surface area (Å²) in [6, 6.07) is 24.1. The average molecular weight is 471 g/mol. The Bertz CT molecular complexity index is 949. The molecule has 150 valence electrons. The van der Waals surface area contributed by atoms with E-state index in [4.69, 9.17) is 21.7 Å². The van der Waals surface area contributed by atoms with Gasteiger partial charge in [-0.15, -0.1) is 0 Å². The van der Waals surface area contributed by atoms with E-state index in [1.54, 1.807) is 14.2 Å². The molecule has 0 aromatic heterocycles. The van der Waals surface area contributed by atoms with Gasteiger partial charge in [0.15, 0.2) is 16.6 Å². The Morgan fingerprint density at radius 2 is 1.62 bits per heavy atom. The molecule has 6 heteroatoms. The highest BCUT2D eigenvalue weighted by molar-refractivity contribution is 9.10. The Hall–Kier alpha value is -2.57. The highest BCUT2D eigenvalue weighted by Gasteiger charge is 2.16. The smallest absolute Gasteiger partial charge is 0.174 e. The SMILES string of the molecule is COc1cccc(CN(Cc2ccccc2)C(=S)Nc2ccc(Br)cc2)c1OC. The minimum absolute atomic E-state index is 0.581. The van der Waals surface area contributed by atoms with Gasteiger partial charge in [0.2, 0.25) is 0 Å². The van der Waals surface area contributed by atoms with Crippen LogP contribution in [0, 0.1) is 0 Å². The number of rotatable bonds is 7. The molecule has 0 fully saturated rings. The van der Waals surface area contributed by atoms with Gasteiger partial charge in [-0.3, -0.25) is 0 Å². The van der Waals surface area contributed by atoms with Crippen molar-refractivity contribution in [2.45, 2.75) is 13.1 Å². The molecule has 0 atom stereocenters. The summed E-state index contributed by atoms with van der Waals surface area (Å²) < 4.78 is 12.1. The zero-order valence-corrected chi connectivity index (χ0v) is 18.8. The molecule has 0 saturated heterocycles. The van der Waals surface area contributed by atoms with E-state index < -0.39 is 0 Å².